The van der Waals surface area contributed by atoms with Crippen molar-refractivity contribution in [2.24, 2.45) is 0 Å². The van der Waals surface area contributed by atoms with Gasteiger partial charge in [-0.15, -0.1) is 6.58 Å². The first-order valence-corrected chi connectivity index (χ1v) is 8.64. The highest BCUT2D eigenvalue weighted by Crippen LogP contribution is 2.14. The van der Waals surface area contributed by atoms with E-state index in [1.54, 1.807) is 7.11 Å². The smallest absolute Gasteiger partial charge is 0.146 e. The van der Waals surface area contributed by atoms with Gasteiger partial charge in [-0.25, -0.2) is 0 Å². The molecule has 1 atom stereocenters. The average molecular weight is 300 g/mol. The Morgan fingerprint density at radius 1 is 0.952 bits per heavy atom. The third-order valence-electron chi connectivity index (χ3n) is 3.58. The Hall–Kier alpha value is -0.380. The summed E-state index contributed by atoms with van der Waals surface area (Å²) < 4.78 is 15.9. The molecule has 0 aromatic rings. The van der Waals surface area contributed by atoms with Gasteiger partial charge < -0.3 is 14.2 Å². The summed E-state index contributed by atoms with van der Waals surface area (Å²) in [7, 11) is 1.66. The number of methoxy groups -OCH3 is 1. The molecule has 0 saturated heterocycles. The van der Waals surface area contributed by atoms with E-state index < -0.39 is 0 Å². The van der Waals surface area contributed by atoms with Gasteiger partial charge in [0, 0.05) is 13.7 Å². The number of unbranched alkanes of at least 4 members (excludes halogenated alkanes) is 6. The molecule has 0 bridgehead atoms. The van der Waals surface area contributed by atoms with Crippen LogP contribution in [0.15, 0.2) is 12.7 Å². The number of rotatable bonds is 17. The summed E-state index contributed by atoms with van der Waals surface area (Å²) in [5.41, 5.74) is 0. The first kappa shape index (κ1) is 20.6. The predicted molar refractivity (Wildman–Crippen MR) is 89.6 cm³/mol. The highest BCUT2D eigenvalue weighted by atomic mass is 16.7. The van der Waals surface area contributed by atoms with Crippen molar-refractivity contribution in [1.29, 1.82) is 0 Å². The third kappa shape index (κ3) is 15.8. The van der Waals surface area contributed by atoms with Gasteiger partial charge in [-0.1, -0.05) is 57.9 Å². The maximum Gasteiger partial charge on any atom is 0.146 e. The second kappa shape index (κ2) is 17.7. The molecular formula is C18H36O3. The molecular weight excluding hydrogens is 264 g/mol. The summed E-state index contributed by atoms with van der Waals surface area (Å²) in [4.78, 5) is 0. The number of hydrogen-bond acceptors (Lipinski definition) is 3. The quantitative estimate of drug-likeness (QED) is 0.212. The molecule has 0 fully saturated rings. The van der Waals surface area contributed by atoms with E-state index in [-0.39, 0.29) is 0 Å². The van der Waals surface area contributed by atoms with Crippen LogP contribution >= 0.6 is 0 Å². The lowest BCUT2D eigenvalue weighted by Gasteiger charge is -2.16. The maximum atomic E-state index is 5.78. The molecule has 0 radical (unpaired) electrons. The third-order valence-corrected chi connectivity index (χ3v) is 3.58. The zero-order valence-corrected chi connectivity index (χ0v) is 14.3. The molecule has 0 N–H and O–H groups in total. The highest BCUT2D eigenvalue weighted by Gasteiger charge is 2.06. The van der Waals surface area contributed by atoms with Gasteiger partial charge in [0.15, 0.2) is 0 Å². The summed E-state index contributed by atoms with van der Waals surface area (Å²) in [6.45, 7) is 7.88. The van der Waals surface area contributed by atoms with Crippen LogP contribution in [0.3, 0.4) is 0 Å². The van der Waals surface area contributed by atoms with E-state index in [0.29, 0.717) is 19.5 Å². The molecule has 0 saturated carbocycles. The van der Waals surface area contributed by atoms with E-state index in [0.717, 1.165) is 13.0 Å². The fourth-order valence-electron chi connectivity index (χ4n) is 2.44. The molecule has 21 heavy (non-hydrogen) atoms. The second-order valence-electron chi connectivity index (χ2n) is 5.61. The van der Waals surface area contributed by atoms with Gasteiger partial charge in [0.25, 0.3) is 0 Å². The van der Waals surface area contributed by atoms with E-state index in [1.807, 2.05) is 6.08 Å². The normalized spacial score (nSPS) is 12.5. The fraction of sp³-hybridized carbons (Fsp3) is 0.889. The Morgan fingerprint density at radius 3 is 2.24 bits per heavy atom. The first-order valence-electron chi connectivity index (χ1n) is 8.64. The molecule has 0 heterocycles. The minimum Gasteiger partial charge on any atom is -0.374 e. The molecule has 0 aromatic carbocycles. The topological polar surface area (TPSA) is 27.7 Å². The van der Waals surface area contributed by atoms with Gasteiger partial charge in [-0.05, 0) is 19.3 Å². The minimum absolute atomic E-state index is 0.423. The van der Waals surface area contributed by atoms with Gasteiger partial charge in [0.05, 0.1) is 12.7 Å². The summed E-state index contributed by atoms with van der Waals surface area (Å²) in [6, 6.07) is 0. The van der Waals surface area contributed by atoms with Gasteiger partial charge in [-0.3, -0.25) is 0 Å². The minimum atomic E-state index is 0.423. The molecule has 0 aliphatic rings. The monoisotopic (exact) mass is 300 g/mol. The van der Waals surface area contributed by atoms with Crippen molar-refractivity contribution < 1.29 is 14.2 Å². The van der Waals surface area contributed by atoms with Crippen LogP contribution < -0.4 is 0 Å². The van der Waals surface area contributed by atoms with Crippen molar-refractivity contribution in [2.75, 3.05) is 27.1 Å². The molecule has 126 valence electrons. The largest absolute Gasteiger partial charge is 0.374 e. The van der Waals surface area contributed by atoms with Crippen LogP contribution in [0, 0.1) is 0 Å². The van der Waals surface area contributed by atoms with Crippen molar-refractivity contribution >= 4 is 0 Å². The average Bonchev–Trinajstić information content (AvgIpc) is 2.50. The van der Waals surface area contributed by atoms with Crippen LogP contribution in [-0.2, 0) is 14.2 Å². The van der Waals surface area contributed by atoms with Crippen molar-refractivity contribution in [3.63, 3.8) is 0 Å². The molecule has 0 spiro atoms. The zero-order chi connectivity index (χ0) is 15.6. The Kier molecular flexibility index (Phi) is 17.4. The van der Waals surface area contributed by atoms with Crippen molar-refractivity contribution in [1.82, 2.24) is 0 Å². The van der Waals surface area contributed by atoms with Crippen LogP contribution in [0.2, 0.25) is 0 Å². The summed E-state index contributed by atoms with van der Waals surface area (Å²) >= 11 is 0. The van der Waals surface area contributed by atoms with Crippen LogP contribution in [0.25, 0.3) is 0 Å². The lowest BCUT2D eigenvalue weighted by atomic mass is 10.0. The molecule has 0 aromatic heterocycles. The van der Waals surface area contributed by atoms with Crippen molar-refractivity contribution in [2.45, 2.75) is 77.2 Å². The van der Waals surface area contributed by atoms with Crippen molar-refractivity contribution in [3.8, 4) is 0 Å². The van der Waals surface area contributed by atoms with Crippen LogP contribution in [0.4, 0.5) is 0 Å². The first-order chi connectivity index (χ1) is 10.3. The Morgan fingerprint density at radius 2 is 1.62 bits per heavy atom. The number of ether oxygens (including phenoxy) is 3. The molecule has 0 amide bonds. The molecule has 0 aliphatic heterocycles. The molecule has 3 heteroatoms. The Bertz CT molecular complexity index is 207. The van der Waals surface area contributed by atoms with E-state index in [1.165, 1.54) is 57.8 Å². The summed E-state index contributed by atoms with van der Waals surface area (Å²) in [6.07, 6.45) is 14.9. The number of hydrogen-bond donors (Lipinski definition) is 0. The van der Waals surface area contributed by atoms with Crippen LogP contribution in [-0.4, -0.2) is 33.2 Å². The van der Waals surface area contributed by atoms with Crippen LogP contribution in [0.5, 0.6) is 0 Å². The van der Waals surface area contributed by atoms with Crippen molar-refractivity contribution in [3.05, 3.63) is 12.7 Å². The highest BCUT2D eigenvalue weighted by molar-refractivity contribution is 4.67. The van der Waals surface area contributed by atoms with Gasteiger partial charge >= 0.3 is 0 Å². The van der Waals surface area contributed by atoms with E-state index in [9.17, 15) is 0 Å². The SMILES string of the molecule is C=CCOC(CCC)CCCCCCCCCOCOC. The lowest BCUT2D eigenvalue weighted by Crippen LogP contribution is -2.12. The molecule has 0 rings (SSSR count). The Labute approximate surface area is 132 Å². The fourth-order valence-corrected chi connectivity index (χ4v) is 2.44. The summed E-state index contributed by atoms with van der Waals surface area (Å²) in [5.74, 6) is 0. The van der Waals surface area contributed by atoms with E-state index in [2.05, 4.69) is 13.5 Å². The Balaban J connectivity index is 3.27. The van der Waals surface area contributed by atoms with E-state index in [4.69, 9.17) is 14.2 Å². The standard InChI is InChI=1S/C18H36O3/c1-4-13-18(21-15-5-2)14-11-9-7-6-8-10-12-16-20-17-19-3/h5,18H,2,4,6-17H2,1,3H3. The lowest BCUT2D eigenvalue weighted by molar-refractivity contribution is -0.0315. The summed E-state index contributed by atoms with van der Waals surface area (Å²) in [5, 5.41) is 0. The zero-order valence-electron chi connectivity index (χ0n) is 14.3. The maximum absolute atomic E-state index is 5.78. The van der Waals surface area contributed by atoms with Gasteiger partial charge in [-0.2, -0.15) is 0 Å². The van der Waals surface area contributed by atoms with Crippen LogP contribution in [0.1, 0.15) is 71.1 Å². The van der Waals surface area contributed by atoms with Gasteiger partial charge in [0.1, 0.15) is 6.79 Å². The molecule has 0 aliphatic carbocycles. The predicted octanol–water partition coefficient (Wildman–Crippen LogP) is 5.10. The molecule has 3 nitrogen and oxygen atoms in total. The second-order valence-corrected chi connectivity index (χ2v) is 5.61. The van der Waals surface area contributed by atoms with E-state index >= 15 is 0 Å². The van der Waals surface area contributed by atoms with Gasteiger partial charge in [0.2, 0.25) is 0 Å². The molecule has 1 unspecified atom stereocenters.